The van der Waals surface area contributed by atoms with Crippen molar-refractivity contribution in [3.8, 4) is 0 Å². The topological polar surface area (TPSA) is 74.1 Å². The molecule has 0 radical (unpaired) electrons. The average Bonchev–Trinajstić information content (AvgIpc) is 3.11. The summed E-state index contributed by atoms with van der Waals surface area (Å²) in [5, 5.41) is 11.3. The second-order valence-corrected chi connectivity index (χ2v) is 8.86. The molecular weight excluding hydrogens is 388 g/mol. The van der Waals surface area contributed by atoms with Gasteiger partial charge < -0.3 is 14.8 Å². The summed E-state index contributed by atoms with van der Waals surface area (Å²) in [5.41, 5.74) is 6.97. The van der Waals surface area contributed by atoms with Gasteiger partial charge in [-0.25, -0.2) is 0 Å². The van der Waals surface area contributed by atoms with Crippen molar-refractivity contribution in [1.29, 1.82) is 0 Å². The molecule has 1 atom stereocenters. The molecule has 1 aliphatic heterocycles. The molecule has 2 aliphatic rings. The van der Waals surface area contributed by atoms with Gasteiger partial charge >= 0.3 is 0 Å². The lowest BCUT2D eigenvalue weighted by molar-refractivity contribution is -0.131. The molecule has 1 fully saturated rings. The van der Waals surface area contributed by atoms with Crippen LogP contribution in [0.3, 0.4) is 0 Å². The van der Waals surface area contributed by atoms with Crippen LogP contribution in [-0.4, -0.2) is 38.6 Å². The first kappa shape index (κ1) is 19.8. The van der Waals surface area contributed by atoms with E-state index in [2.05, 4.69) is 19.1 Å². The van der Waals surface area contributed by atoms with Crippen LogP contribution in [0.1, 0.15) is 52.4 Å². The zero-order valence-electron chi connectivity index (χ0n) is 17.8. The number of carbonyl (C=O) groups excluding carboxylic acids is 1. The van der Waals surface area contributed by atoms with Crippen LogP contribution in [0.2, 0.25) is 0 Å². The molecule has 0 saturated carbocycles. The van der Waals surface area contributed by atoms with E-state index in [-0.39, 0.29) is 18.2 Å². The van der Waals surface area contributed by atoms with Crippen LogP contribution in [-0.2, 0) is 24.1 Å². The number of nitrogens with zero attached hydrogens (tertiary/aromatic N) is 4. The Kier molecular flexibility index (Phi) is 5.22. The molecule has 3 aromatic rings. The summed E-state index contributed by atoms with van der Waals surface area (Å²) in [6.07, 6.45) is 10.9. The van der Waals surface area contributed by atoms with Gasteiger partial charge in [-0.05, 0) is 79.1 Å². The molecule has 0 spiro atoms. The van der Waals surface area contributed by atoms with Crippen molar-refractivity contribution in [2.45, 2.75) is 44.9 Å². The Morgan fingerprint density at radius 3 is 2.68 bits per heavy atom. The predicted octanol–water partition coefficient (Wildman–Crippen LogP) is 3.64. The minimum atomic E-state index is 0.0955. The standard InChI is InChI=1S/C25H27N4O2/c1-17-13-21-5-4-20-3-2-9-26-24(20)23(25(21)27-15-17)19-7-10-28(11-8-19)22(30)14-18-6-12-29(31)16-18/h2-3,6,9,12-13,15-16,19,23H,4-5,7-8,10-11,14H2,1H3/q-1. The molecule has 31 heavy (non-hydrogen) atoms. The fourth-order valence-electron chi connectivity index (χ4n) is 5.20. The number of hydrogen-bond donors (Lipinski definition) is 0. The van der Waals surface area contributed by atoms with Crippen LogP contribution in [0.15, 0.2) is 49.1 Å². The molecule has 0 aromatic carbocycles. The third-order valence-corrected chi connectivity index (χ3v) is 6.76. The summed E-state index contributed by atoms with van der Waals surface area (Å²) >= 11 is 0. The number of piperidine rings is 1. The highest BCUT2D eigenvalue weighted by molar-refractivity contribution is 5.78. The number of carbonyl (C=O) groups is 1. The van der Waals surface area contributed by atoms with Crippen LogP contribution >= 0.6 is 0 Å². The summed E-state index contributed by atoms with van der Waals surface area (Å²) in [4.78, 5) is 24.4. The summed E-state index contributed by atoms with van der Waals surface area (Å²) in [6.45, 7) is 3.58. The van der Waals surface area contributed by atoms with Gasteiger partial charge in [-0.15, -0.1) is 0 Å². The van der Waals surface area contributed by atoms with Gasteiger partial charge in [-0.1, -0.05) is 12.1 Å². The van der Waals surface area contributed by atoms with Gasteiger partial charge in [-0.2, -0.15) is 0 Å². The van der Waals surface area contributed by atoms with E-state index in [4.69, 9.17) is 9.97 Å². The van der Waals surface area contributed by atoms with Crippen molar-refractivity contribution in [2.24, 2.45) is 5.92 Å². The maximum absolute atomic E-state index is 12.7. The van der Waals surface area contributed by atoms with Crippen LogP contribution in [0.4, 0.5) is 0 Å². The first-order chi connectivity index (χ1) is 15.1. The molecule has 6 nitrogen and oxygen atoms in total. The first-order valence-corrected chi connectivity index (χ1v) is 11.1. The van der Waals surface area contributed by atoms with Crippen molar-refractivity contribution in [3.05, 3.63) is 87.9 Å². The number of hydrogen-bond acceptors (Lipinski definition) is 4. The van der Waals surface area contributed by atoms with Gasteiger partial charge in [0.15, 0.2) is 0 Å². The van der Waals surface area contributed by atoms with E-state index >= 15 is 0 Å². The Bertz CT molecular complexity index is 1100. The quantitative estimate of drug-likeness (QED) is 0.655. The predicted molar refractivity (Wildman–Crippen MR) is 119 cm³/mol. The summed E-state index contributed by atoms with van der Waals surface area (Å²) in [6, 6.07) is 8.23. The minimum absolute atomic E-state index is 0.0955. The number of aromatic nitrogens is 3. The highest BCUT2D eigenvalue weighted by atomic mass is 16.5. The van der Waals surface area contributed by atoms with Crippen LogP contribution < -0.4 is 0 Å². The maximum Gasteiger partial charge on any atom is 0.227 e. The van der Waals surface area contributed by atoms with Crippen molar-refractivity contribution in [3.63, 3.8) is 0 Å². The molecule has 0 bridgehead atoms. The van der Waals surface area contributed by atoms with E-state index in [9.17, 15) is 10.0 Å². The van der Waals surface area contributed by atoms with Gasteiger partial charge in [-0.3, -0.25) is 14.8 Å². The molecule has 5 rings (SSSR count). The largest absolute Gasteiger partial charge is 0.806 e. The first-order valence-electron chi connectivity index (χ1n) is 11.1. The molecule has 1 unspecified atom stereocenters. The summed E-state index contributed by atoms with van der Waals surface area (Å²) < 4.78 is 0.748. The minimum Gasteiger partial charge on any atom is -0.806 e. The van der Waals surface area contributed by atoms with Crippen LogP contribution in [0.5, 0.6) is 0 Å². The van der Waals surface area contributed by atoms with E-state index in [0.717, 1.165) is 49.1 Å². The highest BCUT2D eigenvalue weighted by Gasteiger charge is 2.35. The number of rotatable bonds is 3. The molecule has 1 amide bonds. The number of likely N-dealkylation sites (tertiary alicyclic amines) is 1. The lowest BCUT2D eigenvalue weighted by Crippen LogP contribution is -2.41. The molecule has 3 aromatic heterocycles. The molecule has 160 valence electrons. The van der Waals surface area contributed by atoms with Gasteiger partial charge in [0.25, 0.3) is 0 Å². The second-order valence-electron chi connectivity index (χ2n) is 8.86. The Labute approximate surface area is 182 Å². The van der Waals surface area contributed by atoms with Crippen LogP contribution in [0.25, 0.3) is 0 Å². The number of amides is 1. The smallest absolute Gasteiger partial charge is 0.227 e. The highest BCUT2D eigenvalue weighted by Crippen LogP contribution is 2.41. The van der Waals surface area contributed by atoms with E-state index in [0.29, 0.717) is 5.92 Å². The molecule has 1 saturated heterocycles. The summed E-state index contributed by atoms with van der Waals surface area (Å²) in [5.74, 6) is 0.687. The van der Waals surface area contributed by atoms with Crippen molar-refractivity contribution < 1.29 is 4.79 Å². The third kappa shape index (κ3) is 3.94. The third-order valence-electron chi connectivity index (χ3n) is 6.76. The lowest BCUT2D eigenvalue weighted by atomic mass is 9.78. The average molecular weight is 416 g/mol. The number of pyridine rings is 2. The van der Waals surface area contributed by atoms with Crippen molar-refractivity contribution in [1.82, 2.24) is 19.6 Å². The Morgan fingerprint density at radius 1 is 1.13 bits per heavy atom. The zero-order valence-corrected chi connectivity index (χ0v) is 17.8. The van der Waals surface area contributed by atoms with E-state index in [1.54, 1.807) is 6.07 Å². The molecule has 4 heterocycles. The Balaban J connectivity index is 1.37. The van der Waals surface area contributed by atoms with E-state index < -0.39 is 0 Å². The zero-order chi connectivity index (χ0) is 21.4. The number of aryl methyl sites for hydroxylation is 3. The second kappa shape index (κ2) is 8.17. The Morgan fingerprint density at radius 2 is 1.90 bits per heavy atom. The van der Waals surface area contributed by atoms with Gasteiger partial charge in [0.05, 0.1) is 17.8 Å². The number of fused-ring (bicyclic) bond motifs is 2. The fourth-order valence-corrected chi connectivity index (χ4v) is 5.20. The van der Waals surface area contributed by atoms with E-state index in [1.807, 2.05) is 23.4 Å². The normalized spacial score (nSPS) is 18.9. The van der Waals surface area contributed by atoms with Gasteiger partial charge in [0.1, 0.15) is 0 Å². The molecule has 6 heteroatoms. The SMILES string of the molecule is Cc1cnc2c(c1)CCc1cccnc1C2C1CCN(C(=O)Cc2ccn([O-])c2)CC1. The molecular formula is C25H27N4O2-. The van der Waals surface area contributed by atoms with Gasteiger partial charge in [0.2, 0.25) is 5.91 Å². The monoisotopic (exact) mass is 415 g/mol. The Hall–Kier alpha value is -3.15. The maximum atomic E-state index is 12.7. The fraction of sp³-hybridized carbons (Fsp3) is 0.400. The molecule has 1 aliphatic carbocycles. The van der Waals surface area contributed by atoms with Crippen LogP contribution in [0, 0.1) is 18.0 Å². The molecule has 0 N–H and O–H groups in total. The van der Waals surface area contributed by atoms with Gasteiger partial charge in [0, 0.05) is 37.6 Å². The van der Waals surface area contributed by atoms with E-state index in [1.165, 1.54) is 40.5 Å². The lowest BCUT2D eigenvalue weighted by Gasteiger charge is -2.36. The van der Waals surface area contributed by atoms with Crippen molar-refractivity contribution >= 4 is 5.91 Å². The summed E-state index contributed by atoms with van der Waals surface area (Å²) in [7, 11) is 0. The van der Waals surface area contributed by atoms with Crippen molar-refractivity contribution in [2.75, 3.05) is 13.1 Å².